The predicted octanol–water partition coefficient (Wildman–Crippen LogP) is 1.79. The number of nitrogens with zero attached hydrogens (tertiary/aromatic N) is 4. The van der Waals surface area contributed by atoms with Gasteiger partial charge < -0.3 is 14.6 Å². The Labute approximate surface area is 142 Å². The first kappa shape index (κ1) is 17.9. The summed E-state index contributed by atoms with van der Waals surface area (Å²) in [5.41, 5.74) is 1.13. The number of carbonyl (C=O) groups is 1. The molecule has 0 radical (unpaired) electrons. The van der Waals surface area contributed by atoms with E-state index >= 15 is 0 Å². The van der Waals surface area contributed by atoms with E-state index in [-0.39, 0.29) is 11.9 Å². The first-order valence-corrected chi connectivity index (χ1v) is 7.81. The molecule has 0 aliphatic heterocycles. The molecule has 0 aliphatic carbocycles. The molecular weight excluding hydrogens is 306 g/mol. The second-order valence-corrected chi connectivity index (χ2v) is 6.20. The summed E-state index contributed by atoms with van der Waals surface area (Å²) >= 11 is 0. The fraction of sp³-hybridized carbons (Fsp3) is 0.471. The van der Waals surface area contributed by atoms with Crippen molar-refractivity contribution in [1.82, 2.24) is 20.2 Å². The maximum Gasteiger partial charge on any atom is 0.254 e. The lowest BCUT2D eigenvalue weighted by Gasteiger charge is -2.22. The van der Waals surface area contributed by atoms with Gasteiger partial charge in [-0.15, -0.1) is 0 Å². The van der Waals surface area contributed by atoms with Crippen molar-refractivity contribution in [2.75, 3.05) is 39.6 Å². The van der Waals surface area contributed by atoms with Crippen molar-refractivity contribution >= 4 is 11.9 Å². The average molecular weight is 331 g/mol. The van der Waals surface area contributed by atoms with Crippen LogP contribution in [0.15, 0.2) is 22.7 Å². The molecule has 1 N–H and O–H groups in total. The summed E-state index contributed by atoms with van der Waals surface area (Å²) in [6, 6.07) is 3.82. The third-order valence-corrected chi connectivity index (χ3v) is 3.78. The summed E-state index contributed by atoms with van der Waals surface area (Å²) in [7, 11) is 7.63. The van der Waals surface area contributed by atoms with Crippen molar-refractivity contribution in [1.29, 1.82) is 0 Å². The third kappa shape index (κ3) is 4.11. The molecule has 1 atom stereocenters. The van der Waals surface area contributed by atoms with Crippen molar-refractivity contribution in [2.24, 2.45) is 0 Å². The van der Waals surface area contributed by atoms with Crippen LogP contribution in [0.25, 0.3) is 0 Å². The lowest BCUT2D eigenvalue weighted by molar-refractivity contribution is 0.0937. The van der Waals surface area contributed by atoms with E-state index in [1.165, 1.54) is 0 Å². The molecular formula is C17H25N5O2. The standard InChI is InChI=1S/C17H25N5O2/c1-11-7-8-15(24-11)14(21(3)4)10-18-16(23)13-9-19-17(22(5)6)20-12(13)2/h7-9,14H,10H2,1-6H3,(H,18,23). The zero-order valence-corrected chi connectivity index (χ0v) is 15.1. The normalized spacial score (nSPS) is 12.3. The van der Waals surface area contributed by atoms with Crippen LogP contribution in [0.1, 0.15) is 33.6 Å². The summed E-state index contributed by atoms with van der Waals surface area (Å²) in [6.07, 6.45) is 1.56. The fourth-order valence-electron chi connectivity index (χ4n) is 2.35. The first-order chi connectivity index (χ1) is 11.3. The van der Waals surface area contributed by atoms with Gasteiger partial charge in [-0.2, -0.15) is 0 Å². The Morgan fingerprint density at radius 1 is 1.25 bits per heavy atom. The smallest absolute Gasteiger partial charge is 0.254 e. The molecule has 0 saturated heterocycles. The highest BCUT2D eigenvalue weighted by Crippen LogP contribution is 2.20. The molecule has 0 fully saturated rings. The molecule has 0 spiro atoms. The van der Waals surface area contributed by atoms with Crippen molar-refractivity contribution in [3.63, 3.8) is 0 Å². The van der Waals surface area contributed by atoms with Crippen LogP contribution < -0.4 is 10.2 Å². The molecule has 0 bridgehead atoms. The summed E-state index contributed by atoms with van der Waals surface area (Å²) in [4.78, 5) is 24.8. The van der Waals surface area contributed by atoms with Gasteiger partial charge in [-0.25, -0.2) is 9.97 Å². The summed E-state index contributed by atoms with van der Waals surface area (Å²) in [5, 5.41) is 2.94. The number of amides is 1. The molecule has 0 aromatic carbocycles. The lowest BCUT2D eigenvalue weighted by Crippen LogP contribution is -2.35. The zero-order valence-electron chi connectivity index (χ0n) is 15.1. The Bertz CT molecular complexity index is 709. The number of furan rings is 1. The van der Waals surface area contributed by atoms with Crippen LogP contribution in [0, 0.1) is 13.8 Å². The summed E-state index contributed by atoms with van der Waals surface area (Å²) < 4.78 is 5.69. The largest absolute Gasteiger partial charge is 0.465 e. The number of anilines is 1. The molecule has 1 unspecified atom stereocenters. The van der Waals surface area contributed by atoms with E-state index in [9.17, 15) is 4.79 Å². The number of hydrogen-bond acceptors (Lipinski definition) is 6. The minimum atomic E-state index is -0.187. The van der Waals surface area contributed by atoms with Gasteiger partial charge in [0.2, 0.25) is 5.95 Å². The number of aryl methyl sites for hydroxylation is 2. The van der Waals surface area contributed by atoms with Crippen LogP contribution >= 0.6 is 0 Å². The first-order valence-electron chi connectivity index (χ1n) is 7.81. The predicted molar refractivity (Wildman–Crippen MR) is 93.3 cm³/mol. The minimum Gasteiger partial charge on any atom is -0.465 e. The number of aromatic nitrogens is 2. The van der Waals surface area contributed by atoms with E-state index in [0.29, 0.717) is 23.8 Å². The van der Waals surface area contributed by atoms with Crippen molar-refractivity contribution < 1.29 is 9.21 Å². The van der Waals surface area contributed by atoms with Crippen LogP contribution in [0.3, 0.4) is 0 Å². The van der Waals surface area contributed by atoms with Gasteiger partial charge in [-0.05, 0) is 40.1 Å². The number of nitrogens with one attached hydrogen (secondary N) is 1. The van der Waals surface area contributed by atoms with Crippen molar-refractivity contribution in [3.05, 3.63) is 41.1 Å². The minimum absolute atomic E-state index is 0.0371. The number of carbonyl (C=O) groups excluding carboxylic acids is 1. The fourth-order valence-corrected chi connectivity index (χ4v) is 2.35. The lowest BCUT2D eigenvalue weighted by atomic mass is 10.2. The van der Waals surface area contributed by atoms with E-state index in [1.54, 1.807) is 11.1 Å². The summed E-state index contributed by atoms with van der Waals surface area (Å²) in [5.74, 6) is 2.08. The molecule has 2 heterocycles. The van der Waals surface area contributed by atoms with Crippen LogP contribution in [0.5, 0.6) is 0 Å². The van der Waals surface area contributed by atoms with Crippen molar-refractivity contribution in [2.45, 2.75) is 19.9 Å². The second kappa shape index (κ2) is 7.44. The molecule has 7 nitrogen and oxygen atoms in total. The Morgan fingerprint density at radius 3 is 2.46 bits per heavy atom. The second-order valence-electron chi connectivity index (χ2n) is 6.20. The van der Waals surface area contributed by atoms with Gasteiger partial charge in [0, 0.05) is 26.8 Å². The average Bonchev–Trinajstić information content (AvgIpc) is 2.92. The van der Waals surface area contributed by atoms with Gasteiger partial charge in [-0.1, -0.05) is 0 Å². The third-order valence-electron chi connectivity index (χ3n) is 3.78. The van der Waals surface area contributed by atoms with Crippen LogP contribution in [0.2, 0.25) is 0 Å². The zero-order chi connectivity index (χ0) is 17.9. The molecule has 7 heteroatoms. The van der Waals surface area contributed by atoms with Gasteiger partial charge in [0.25, 0.3) is 5.91 Å². The van der Waals surface area contributed by atoms with Gasteiger partial charge in [0.1, 0.15) is 11.5 Å². The Balaban J connectivity index is 2.08. The van der Waals surface area contributed by atoms with Gasteiger partial charge in [0.15, 0.2) is 0 Å². The summed E-state index contributed by atoms with van der Waals surface area (Å²) in [6.45, 7) is 4.15. The maximum absolute atomic E-state index is 12.5. The van der Waals surface area contributed by atoms with E-state index in [1.807, 2.05) is 59.1 Å². The monoisotopic (exact) mass is 331 g/mol. The Kier molecular flexibility index (Phi) is 5.56. The molecule has 2 aromatic heterocycles. The highest BCUT2D eigenvalue weighted by Gasteiger charge is 2.20. The molecule has 2 aromatic rings. The Morgan fingerprint density at radius 2 is 1.96 bits per heavy atom. The van der Waals surface area contributed by atoms with E-state index in [2.05, 4.69) is 15.3 Å². The molecule has 2 rings (SSSR count). The van der Waals surface area contributed by atoms with Gasteiger partial charge in [-0.3, -0.25) is 9.69 Å². The quantitative estimate of drug-likeness (QED) is 0.870. The van der Waals surface area contributed by atoms with Crippen LogP contribution in [0.4, 0.5) is 5.95 Å². The van der Waals surface area contributed by atoms with Gasteiger partial charge in [0.05, 0.1) is 17.3 Å². The molecule has 0 saturated carbocycles. The Hall–Kier alpha value is -2.41. The molecule has 24 heavy (non-hydrogen) atoms. The van der Waals surface area contributed by atoms with E-state index in [4.69, 9.17) is 4.42 Å². The van der Waals surface area contributed by atoms with Gasteiger partial charge >= 0.3 is 0 Å². The highest BCUT2D eigenvalue weighted by atomic mass is 16.3. The number of likely N-dealkylation sites (N-methyl/N-ethyl adjacent to an activating group) is 1. The van der Waals surface area contributed by atoms with Crippen molar-refractivity contribution in [3.8, 4) is 0 Å². The van der Waals surface area contributed by atoms with Crippen LogP contribution in [-0.4, -0.2) is 55.5 Å². The SMILES string of the molecule is Cc1ccc(C(CNC(=O)c2cnc(N(C)C)nc2C)N(C)C)o1. The molecule has 130 valence electrons. The van der Waals surface area contributed by atoms with E-state index in [0.717, 1.165) is 11.5 Å². The molecule has 0 aliphatic rings. The number of rotatable bonds is 6. The van der Waals surface area contributed by atoms with Crippen LogP contribution in [-0.2, 0) is 0 Å². The number of hydrogen-bond donors (Lipinski definition) is 1. The molecule has 1 amide bonds. The van der Waals surface area contributed by atoms with E-state index < -0.39 is 0 Å². The topological polar surface area (TPSA) is 74.5 Å². The maximum atomic E-state index is 12.5. The highest BCUT2D eigenvalue weighted by molar-refractivity contribution is 5.95.